The molecule has 0 heterocycles. The minimum atomic E-state index is -0.552. The topological polar surface area (TPSA) is 61.8 Å². The number of fused-ring (bicyclic) bond motifs is 1. The number of benzene rings is 2. The van der Waals surface area contributed by atoms with Crippen molar-refractivity contribution in [2.24, 2.45) is 0 Å². The van der Waals surface area contributed by atoms with Gasteiger partial charge < -0.3 is 14.2 Å². The van der Waals surface area contributed by atoms with E-state index in [9.17, 15) is 9.59 Å². The summed E-state index contributed by atoms with van der Waals surface area (Å²) in [4.78, 5) is 23.1. The molecule has 0 atom stereocenters. The highest BCUT2D eigenvalue weighted by atomic mass is 16.6. The minimum Gasteiger partial charge on any atom is -0.464 e. The van der Waals surface area contributed by atoms with Crippen LogP contribution in [0.15, 0.2) is 42.5 Å². The second-order valence-corrected chi connectivity index (χ2v) is 5.40. The molecular formula is C19H22O5. The van der Waals surface area contributed by atoms with Crippen molar-refractivity contribution in [1.29, 1.82) is 0 Å². The van der Waals surface area contributed by atoms with Gasteiger partial charge in [0.2, 0.25) is 0 Å². The van der Waals surface area contributed by atoms with Gasteiger partial charge in [-0.05, 0) is 29.3 Å². The van der Waals surface area contributed by atoms with Gasteiger partial charge >= 0.3 is 11.9 Å². The van der Waals surface area contributed by atoms with Crippen molar-refractivity contribution in [1.82, 2.24) is 0 Å². The quantitative estimate of drug-likeness (QED) is 0.400. The maximum Gasteiger partial charge on any atom is 0.337 e. The molecule has 0 aromatic heterocycles. The molecule has 24 heavy (non-hydrogen) atoms. The molecule has 5 nitrogen and oxygen atoms in total. The molecule has 2 aromatic rings. The minimum absolute atomic E-state index is 0.251. The summed E-state index contributed by atoms with van der Waals surface area (Å²) in [6, 6.07) is 13.2. The molecule has 0 unspecified atom stereocenters. The van der Waals surface area contributed by atoms with Crippen LogP contribution in [0.2, 0.25) is 0 Å². The lowest BCUT2D eigenvalue weighted by Crippen LogP contribution is -2.20. The molecule has 128 valence electrons. The van der Waals surface area contributed by atoms with E-state index in [4.69, 9.17) is 14.2 Å². The van der Waals surface area contributed by atoms with Crippen molar-refractivity contribution < 1.29 is 23.8 Å². The first kappa shape index (κ1) is 17.9. The molecule has 0 aliphatic carbocycles. The van der Waals surface area contributed by atoms with Gasteiger partial charge in [-0.2, -0.15) is 0 Å². The summed E-state index contributed by atoms with van der Waals surface area (Å²) in [7, 11) is 0. The van der Waals surface area contributed by atoms with Crippen LogP contribution in [0.4, 0.5) is 0 Å². The average molecular weight is 330 g/mol. The Kier molecular flexibility index (Phi) is 7.23. The molecule has 2 rings (SSSR count). The Morgan fingerprint density at radius 2 is 1.67 bits per heavy atom. The summed E-state index contributed by atoms with van der Waals surface area (Å²) in [5, 5.41) is 2.05. The van der Waals surface area contributed by atoms with E-state index in [-0.39, 0.29) is 13.2 Å². The predicted octanol–water partition coefficient (Wildman–Crippen LogP) is 3.50. The summed E-state index contributed by atoms with van der Waals surface area (Å²) in [6.45, 7) is 1.92. The summed E-state index contributed by atoms with van der Waals surface area (Å²) >= 11 is 0. The molecule has 0 aliphatic heterocycles. The summed E-state index contributed by atoms with van der Waals surface area (Å²) in [5.74, 6) is -0.571. The first-order valence-electron chi connectivity index (χ1n) is 8.12. The van der Waals surface area contributed by atoms with Gasteiger partial charge in [0.1, 0.15) is 19.0 Å². The third-order valence-corrected chi connectivity index (χ3v) is 3.40. The molecule has 0 radical (unpaired) electrons. The van der Waals surface area contributed by atoms with Crippen molar-refractivity contribution in [2.45, 2.75) is 26.2 Å². The Morgan fingerprint density at radius 3 is 2.46 bits per heavy atom. The zero-order valence-corrected chi connectivity index (χ0v) is 13.8. The summed E-state index contributed by atoms with van der Waals surface area (Å²) in [6.07, 6.45) is 2.92. The average Bonchev–Trinajstić information content (AvgIpc) is 2.58. The normalized spacial score (nSPS) is 10.5. The van der Waals surface area contributed by atoms with E-state index >= 15 is 0 Å². The largest absolute Gasteiger partial charge is 0.464 e. The SMILES string of the molecule is CCCCCOC(=O)COCC(=O)Oc1ccc2ccccc2c1. The fraction of sp³-hybridized carbons (Fsp3) is 0.368. The van der Waals surface area contributed by atoms with E-state index in [0.29, 0.717) is 12.4 Å². The van der Waals surface area contributed by atoms with Gasteiger partial charge in [-0.1, -0.05) is 50.1 Å². The van der Waals surface area contributed by atoms with Crippen LogP contribution in [-0.4, -0.2) is 31.8 Å². The van der Waals surface area contributed by atoms with Crippen LogP contribution < -0.4 is 4.74 Å². The summed E-state index contributed by atoms with van der Waals surface area (Å²) < 4.78 is 15.2. The number of rotatable bonds is 9. The van der Waals surface area contributed by atoms with Crippen LogP contribution in [0.1, 0.15) is 26.2 Å². The third kappa shape index (κ3) is 6.01. The Labute approximate surface area is 141 Å². The van der Waals surface area contributed by atoms with E-state index in [1.807, 2.05) is 30.3 Å². The zero-order chi connectivity index (χ0) is 17.2. The lowest BCUT2D eigenvalue weighted by atomic mass is 10.1. The predicted molar refractivity (Wildman–Crippen MR) is 90.9 cm³/mol. The highest BCUT2D eigenvalue weighted by Gasteiger charge is 2.09. The van der Waals surface area contributed by atoms with E-state index in [2.05, 4.69) is 6.92 Å². The molecule has 0 aliphatic rings. The van der Waals surface area contributed by atoms with Crippen LogP contribution in [-0.2, 0) is 19.1 Å². The van der Waals surface area contributed by atoms with Crippen LogP contribution in [0.3, 0.4) is 0 Å². The van der Waals surface area contributed by atoms with Crippen molar-refractivity contribution in [3.05, 3.63) is 42.5 Å². The molecule has 0 saturated heterocycles. The van der Waals surface area contributed by atoms with Gasteiger partial charge in [-0.25, -0.2) is 9.59 Å². The molecule has 0 saturated carbocycles. The van der Waals surface area contributed by atoms with E-state index in [1.165, 1.54) is 0 Å². The fourth-order valence-corrected chi connectivity index (χ4v) is 2.19. The Bertz CT molecular complexity index is 680. The van der Waals surface area contributed by atoms with Crippen LogP contribution >= 0.6 is 0 Å². The fourth-order valence-electron chi connectivity index (χ4n) is 2.19. The van der Waals surface area contributed by atoms with Gasteiger partial charge in [-0.3, -0.25) is 0 Å². The number of carbonyl (C=O) groups excluding carboxylic acids is 2. The molecule has 5 heteroatoms. The number of esters is 2. The third-order valence-electron chi connectivity index (χ3n) is 3.40. The molecular weight excluding hydrogens is 308 g/mol. The van der Waals surface area contributed by atoms with Crippen molar-refractivity contribution in [3.63, 3.8) is 0 Å². The van der Waals surface area contributed by atoms with Crippen molar-refractivity contribution in [3.8, 4) is 5.75 Å². The van der Waals surface area contributed by atoms with Gasteiger partial charge in [-0.15, -0.1) is 0 Å². The monoisotopic (exact) mass is 330 g/mol. The Balaban J connectivity index is 1.69. The Morgan fingerprint density at radius 1 is 0.917 bits per heavy atom. The lowest BCUT2D eigenvalue weighted by molar-refractivity contribution is -0.152. The van der Waals surface area contributed by atoms with Gasteiger partial charge in [0.05, 0.1) is 6.61 Å². The van der Waals surface area contributed by atoms with Gasteiger partial charge in [0.15, 0.2) is 0 Å². The highest BCUT2D eigenvalue weighted by Crippen LogP contribution is 2.20. The molecule has 2 aromatic carbocycles. The van der Waals surface area contributed by atoms with Crippen LogP contribution in [0.5, 0.6) is 5.75 Å². The van der Waals surface area contributed by atoms with Gasteiger partial charge in [0.25, 0.3) is 0 Å². The van der Waals surface area contributed by atoms with E-state index < -0.39 is 11.9 Å². The van der Waals surface area contributed by atoms with Crippen LogP contribution in [0.25, 0.3) is 10.8 Å². The Hall–Kier alpha value is -2.40. The second kappa shape index (κ2) is 9.67. The van der Waals surface area contributed by atoms with Crippen LogP contribution in [0, 0.1) is 0 Å². The number of hydrogen-bond donors (Lipinski definition) is 0. The van der Waals surface area contributed by atoms with Gasteiger partial charge in [0, 0.05) is 0 Å². The summed E-state index contributed by atoms with van der Waals surface area (Å²) in [5.41, 5.74) is 0. The molecule has 0 spiro atoms. The van der Waals surface area contributed by atoms with E-state index in [0.717, 1.165) is 30.0 Å². The zero-order valence-electron chi connectivity index (χ0n) is 13.8. The molecule has 0 amide bonds. The number of unbranched alkanes of at least 4 members (excludes halogenated alkanes) is 2. The number of carbonyl (C=O) groups is 2. The number of ether oxygens (including phenoxy) is 3. The maximum atomic E-state index is 11.7. The molecule has 0 bridgehead atoms. The molecule has 0 N–H and O–H groups in total. The second-order valence-electron chi connectivity index (χ2n) is 5.40. The van der Waals surface area contributed by atoms with Crippen molar-refractivity contribution >= 4 is 22.7 Å². The van der Waals surface area contributed by atoms with E-state index in [1.54, 1.807) is 12.1 Å². The number of hydrogen-bond acceptors (Lipinski definition) is 5. The maximum absolute atomic E-state index is 11.7. The lowest BCUT2D eigenvalue weighted by Gasteiger charge is -2.07. The molecule has 0 fully saturated rings. The standard InChI is InChI=1S/C19H22O5/c1-2-3-6-11-23-18(20)13-22-14-19(21)24-17-10-9-15-7-4-5-8-16(15)12-17/h4-5,7-10,12H,2-3,6,11,13-14H2,1H3. The van der Waals surface area contributed by atoms with Crippen molar-refractivity contribution in [2.75, 3.05) is 19.8 Å². The smallest absolute Gasteiger partial charge is 0.337 e. The first-order chi connectivity index (χ1) is 11.7. The first-order valence-corrected chi connectivity index (χ1v) is 8.12. The highest BCUT2D eigenvalue weighted by molar-refractivity contribution is 5.84.